The molecule has 0 unspecified atom stereocenters. The quantitative estimate of drug-likeness (QED) is 0.583. The van der Waals surface area contributed by atoms with Gasteiger partial charge in [0.15, 0.2) is 5.17 Å². The molecule has 2 aliphatic heterocycles. The Labute approximate surface area is 197 Å². The number of ether oxygens (including phenoxy) is 1. The molecule has 1 saturated heterocycles. The summed E-state index contributed by atoms with van der Waals surface area (Å²) in [7, 11) is 1.56. The summed E-state index contributed by atoms with van der Waals surface area (Å²) in [6.45, 7) is 0.679. The fraction of sp³-hybridized carbons (Fsp3) is 0.304. The number of hydrogen-bond acceptors (Lipinski definition) is 5. The monoisotopic (exact) mass is 496 g/mol. The first-order valence-corrected chi connectivity index (χ1v) is 11.3. The van der Waals surface area contributed by atoms with E-state index in [9.17, 15) is 23.1 Å². The summed E-state index contributed by atoms with van der Waals surface area (Å²) in [6, 6.07) is 10.8. The fourth-order valence-electron chi connectivity index (χ4n) is 3.80. The van der Waals surface area contributed by atoms with E-state index in [-0.39, 0.29) is 24.3 Å². The molecule has 174 valence electrons. The van der Waals surface area contributed by atoms with E-state index in [0.29, 0.717) is 28.9 Å². The number of likely N-dealkylation sites (tertiary alicyclic amines) is 1. The molecule has 33 heavy (non-hydrogen) atoms. The van der Waals surface area contributed by atoms with Gasteiger partial charge in [-0.1, -0.05) is 29.8 Å². The van der Waals surface area contributed by atoms with Gasteiger partial charge in [-0.05, 0) is 66.1 Å². The van der Waals surface area contributed by atoms with Gasteiger partial charge >= 0.3 is 6.18 Å². The van der Waals surface area contributed by atoms with Gasteiger partial charge in [0.25, 0.3) is 5.91 Å². The molecule has 1 amide bonds. The van der Waals surface area contributed by atoms with Crippen molar-refractivity contribution in [2.45, 2.75) is 24.6 Å². The van der Waals surface area contributed by atoms with Crippen molar-refractivity contribution >= 4 is 40.5 Å². The summed E-state index contributed by atoms with van der Waals surface area (Å²) >= 11 is 6.94. The summed E-state index contributed by atoms with van der Waals surface area (Å²) in [4.78, 5) is 18.9. The molecule has 0 radical (unpaired) electrons. The molecule has 2 aromatic rings. The molecule has 0 aromatic heterocycles. The first-order valence-electron chi connectivity index (χ1n) is 10.1. The lowest BCUT2D eigenvalue weighted by Crippen LogP contribution is -2.44. The summed E-state index contributed by atoms with van der Waals surface area (Å²) < 4.78 is 44.9. The second-order valence-electron chi connectivity index (χ2n) is 7.80. The Morgan fingerprint density at radius 2 is 1.94 bits per heavy atom. The van der Waals surface area contributed by atoms with Crippen LogP contribution in [0.15, 0.2) is 52.4 Å². The third kappa shape index (κ3) is 5.05. The molecule has 1 fully saturated rings. The zero-order valence-electron chi connectivity index (χ0n) is 17.5. The Bertz CT molecular complexity index is 1140. The summed E-state index contributed by atoms with van der Waals surface area (Å²) in [5.41, 5.74) is -1.41. The number of benzene rings is 2. The van der Waals surface area contributed by atoms with Gasteiger partial charge < -0.3 is 14.7 Å². The first-order chi connectivity index (χ1) is 15.6. The van der Waals surface area contributed by atoms with Crippen LogP contribution in [-0.4, -0.2) is 41.3 Å². The fourth-order valence-corrected chi connectivity index (χ4v) is 4.99. The van der Waals surface area contributed by atoms with E-state index in [0.717, 1.165) is 17.7 Å². The molecule has 5 nitrogen and oxygen atoms in total. The number of halogens is 4. The Morgan fingerprint density at radius 1 is 1.21 bits per heavy atom. The Balaban J connectivity index is 1.46. The number of alkyl halides is 3. The van der Waals surface area contributed by atoms with E-state index in [2.05, 4.69) is 4.99 Å². The predicted molar refractivity (Wildman–Crippen MR) is 122 cm³/mol. The van der Waals surface area contributed by atoms with Crippen LogP contribution in [0.2, 0.25) is 5.02 Å². The summed E-state index contributed by atoms with van der Waals surface area (Å²) in [5, 5.41) is 11.2. The van der Waals surface area contributed by atoms with E-state index in [1.165, 1.54) is 17.8 Å². The zero-order chi connectivity index (χ0) is 23.8. The van der Waals surface area contributed by atoms with Crippen molar-refractivity contribution < 1.29 is 27.8 Å². The Hall–Kier alpha value is -2.49. The van der Waals surface area contributed by atoms with E-state index in [1.54, 1.807) is 25.3 Å². The second-order valence-corrected chi connectivity index (χ2v) is 9.21. The number of amidine groups is 1. The van der Waals surface area contributed by atoms with Gasteiger partial charge in [0, 0.05) is 13.1 Å². The smallest absolute Gasteiger partial charge is 0.417 e. The van der Waals surface area contributed by atoms with Crippen LogP contribution in [0.5, 0.6) is 5.75 Å². The number of methoxy groups -OCH3 is 1. The molecule has 2 aromatic carbocycles. The van der Waals surface area contributed by atoms with Crippen LogP contribution in [0, 0.1) is 0 Å². The largest absolute Gasteiger partial charge is 0.497 e. The topological polar surface area (TPSA) is 62.1 Å². The van der Waals surface area contributed by atoms with Gasteiger partial charge in [-0.2, -0.15) is 18.2 Å². The number of carbonyl (C=O) groups excluding carboxylic acids is 1. The van der Waals surface area contributed by atoms with Gasteiger partial charge in [0.1, 0.15) is 5.75 Å². The van der Waals surface area contributed by atoms with Crippen molar-refractivity contribution in [1.82, 2.24) is 4.90 Å². The van der Waals surface area contributed by atoms with Crippen molar-refractivity contribution in [3.63, 3.8) is 0 Å². The normalized spacial score (nSPS) is 19.7. The molecule has 0 spiro atoms. The highest BCUT2D eigenvalue weighted by molar-refractivity contribution is 8.18. The standard InChI is InChI=1S/C23H20ClF3N2O3S/c1-32-16-4-2-3-14(11-16)12-19-20(30)28-21(33-19)29-9-7-22(31,8-10-29)15-5-6-18(24)17(13-15)23(25,26)27/h2-6,11-13,31H,7-10H2,1H3/b19-12-. The maximum atomic E-state index is 13.2. The highest BCUT2D eigenvalue weighted by Crippen LogP contribution is 2.41. The minimum Gasteiger partial charge on any atom is -0.497 e. The second kappa shape index (κ2) is 9.04. The molecule has 2 aliphatic rings. The Kier molecular flexibility index (Phi) is 6.48. The van der Waals surface area contributed by atoms with Crippen molar-refractivity contribution in [2.24, 2.45) is 4.99 Å². The highest BCUT2D eigenvalue weighted by atomic mass is 35.5. The molecule has 0 bridgehead atoms. The van der Waals surface area contributed by atoms with Gasteiger partial charge in [-0.25, -0.2) is 0 Å². The van der Waals surface area contributed by atoms with Crippen LogP contribution in [0.25, 0.3) is 6.08 Å². The molecule has 1 N–H and O–H groups in total. The van der Waals surface area contributed by atoms with Crippen molar-refractivity contribution in [2.75, 3.05) is 20.2 Å². The molecule has 2 heterocycles. The van der Waals surface area contributed by atoms with Gasteiger partial charge in [-0.3, -0.25) is 4.79 Å². The van der Waals surface area contributed by atoms with E-state index in [1.807, 2.05) is 17.0 Å². The van der Waals surface area contributed by atoms with Gasteiger partial charge in [-0.15, -0.1) is 0 Å². The number of aliphatic hydroxyl groups is 1. The number of carbonyl (C=O) groups is 1. The maximum Gasteiger partial charge on any atom is 0.417 e. The molecular formula is C23H20ClF3N2O3S. The molecule has 0 atom stereocenters. The zero-order valence-corrected chi connectivity index (χ0v) is 19.1. The van der Waals surface area contributed by atoms with Crippen LogP contribution in [0.3, 0.4) is 0 Å². The van der Waals surface area contributed by atoms with Crippen molar-refractivity contribution in [3.05, 3.63) is 69.1 Å². The number of piperidine rings is 1. The van der Waals surface area contributed by atoms with Crippen LogP contribution in [0.1, 0.15) is 29.5 Å². The molecule has 0 saturated carbocycles. The lowest BCUT2D eigenvalue weighted by Gasteiger charge is -2.39. The van der Waals surface area contributed by atoms with E-state index >= 15 is 0 Å². The minimum absolute atomic E-state index is 0.176. The average molecular weight is 497 g/mol. The number of thioether (sulfide) groups is 1. The molecular weight excluding hydrogens is 477 g/mol. The van der Waals surface area contributed by atoms with Crippen LogP contribution in [-0.2, 0) is 16.6 Å². The number of nitrogens with zero attached hydrogens (tertiary/aromatic N) is 2. The third-order valence-electron chi connectivity index (χ3n) is 5.67. The lowest BCUT2D eigenvalue weighted by molar-refractivity contribution is -0.137. The van der Waals surface area contributed by atoms with E-state index < -0.39 is 22.4 Å². The molecule has 10 heteroatoms. The van der Waals surface area contributed by atoms with Gasteiger partial charge in [0.2, 0.25) is 0 Å². The first kappa shape index (κ1) is 23.7. The Morgan fingerprint density at radius 3 is 2.61 bits per heavy atom. The number of aliphatic imine (C=N–C) groups is 1. The average Bonchev–Trinajstić information content (AvgIpc) is 3.13. The summed E-state index contributed by atoms with van der Waals surface area (Å²) in [5.74, 6) is 0.318. The van der Waals surface area contributed by atoms with E-state index in [4.69, 9.17) is 16.3 Å². The van der Waals surface area contributed by atoms with Crippen molar-refractivity contribution in [3.8, 4) is 5.75 Å². The highest BCUT2D eigenvalue weighted by Gasteiger charge is 2.40. The predicted octanol–water partition coefficient (Wildman–Crippen LogP) is 5.32. The molecule has 4 rings (SSSR count). The minimum atomic E-state index is -4.61. The SMILES string of the molecule is COc1cccc(/C=C2\SC(N3CCC(O)(c4ccc(Cl)c(C(F)(F)F)c4)CC3)=NC2=O)c1. The van der Waals surface area contributed by atoms with Crippen LogP contribution in [0.4, 0.5) is 13.2 Å². The van der Waals surface area contributed by atoms with Crippen LogP contribution >= 0.6 is 23.4 Å². The maximum absolute atomic E-state index is 13.2. The number of rotatable bonds is 3. The number of hydrogen-bond donors (Lipinski definition) is 1. The van der Waals surface area contributed by atoms with Gasteiger partial charge in [0.05, 0.1) is 28.2 Å². The molecule has 0 aliphatic carbocycles. The van der Waals surface area contributed by atoms with Crippen molar-refractivity contribution in [1.29, 1.82) is 0 Å². The number of amides is 1. The summed E-state index contributed by atoms with van der Waals surface area (Å²) in [6.07, 6.45) is -2.49. The lowest BCUT2D eigenvalue weighted by atomic mass is 9.84. The van der Waals surface area contributed by atoms with Crippen LogP contribution < -0.4 is 4.74 Å². The third-order valence-corrected chi connectivity index (χ3v) is 7.05.